The number of amides is 1. The van der Waals surface area contributed by atoms with E-state index in [1.807, 2.05) is 0 Å². The molecule has 0 aliphatic rings. The number of para-hydroxylation sites is 1. The molecule has 0 aliphatic heterocycles. The number of aromatic nitrogens is 1. The average Bonchev–Trinajstić information content (AvgIpc) is 2.69. The minimum Gasteiger partial charge on any atom is -0.323 e. The summed E-state index contributed by atoms with van der Waals surface area (Å²) in [5.74, 6) is 0. The molecule has 2 rings (SSSR count). The number of benzene rings is 1. The summed E-state index contributed by atoms with van der Waals surface area (Å²) < 4.78 is 1.25. The molecule has 6 heteroatoms. The van der Waals surface area contributed by atoms with Crippen molar-refractivity contribution in [2.75, 3.05) is 7.05 Å². The van der Waals surface area contributed by atoms with E-state index in [4.69, 9.17) is 4.84 Å². The topological polar surface area (TPSA) is 72.7 Å². The van der Waals surface area contributed by atoms with Crippen molar-refractivity contribution in [3.63, 3.8) is 0 Å². The van der Waals surface area contributed by atoms with Crippen molar-refractivity contribution in [2.24, 2.45) is 4.99 Å². The molecule has 0 fully saturated rings. The quantitative estimate of drug-likeness (QED) is 0.626. The van der Waals surface area contributed by atoms with Gasteiger partial charge < -0.3 is 10.2 Å². The van der Waals surface area contributed by atoms with Crippen LogP contribution in [0.1, 0.15) is 0 Å². The van der Waals surface area contributed by atoms with Crippen LogP contribution in [-0.2, 0) is 4.79 Å². The number of hydrogen-bond donors (Lipinski definition) is 1. The number of nitrogens with zero attached hydrogens (tertiary/aromatic N) is 2. The fraction of sp³-hybridized carbons (Fsp3) is 0.0909. The Kier molecular flexibility index (Phi) is 2.89. The highest BCUT2D eigenvalue weighted by Crippen LogP contribution is 2.26. The first-order chi connectivity index (χ1) is 8.26. The number of carbonyl (C=O) groups excluding carboxylic acids is 2. The van der Waals surface area contributed by atoms with Gasteiger partial charge in [-0.15, -0.1) is 0 Å². The summed E-state index contributed by atoms with van der Waals surface area (Å²) in [7, 11) is 1.46. The highest BCUT2D eigenvalue weighted by Gasteiger charge is 2.10. The second-order valence-electron chi connectivity index (χ2n) is 3.19. The van der Waals surface area contributed by atoms with E-state index in [1.54, 1.807) is 24.3 Å². The van der Waals surface area contributed by atoms with Gasteiger partial charge in [0.15, 0.2) is 0 Å². The molecule has 0 aliphatic carbocycles. The smallest absolute Gasteiger partial charge is 0.323 e. The van der Waals surface area contributed by atoms with E-state index in [0.717, 1.165) is 0 Å². The molecule has 6 nitrogen and oxygen atoms in total. The number of hydrogen-bond acceptors (Lipinski definition) is 4. The molecule has 0 saturated carbocycles. The molecular formula is C11H9N3O3. The number of nitrogens with one attached hydrogen (secondary N) is 1. The van der Waals surface area contributed by atoms with Crippen molar-refractivity contribution in [3.8, 4) is 0 Å². The minimum atomic E-state index is -0.604. The first kappa shape index (κ1) is 10.9. The largest absolute Gasteiger partial charge is 0.431 e. The van der Waals surface area contributed by atoms with Gasteiger partial charge >= 0.3 is 6.09 Å². The first-order valence-electron chi connectivity index (χ1n) is 4.84. The third-order valence-electron chi connectivity index (χ3n) is 2.21. The highest BCUT2D eigenvalue weighted by atomic mass is 16.7. The molecule has 0 atom stereocenters. The van der Waals surface area contributed by atoms with Crippen molar-refractivity contribution in [1.82, 2.24) is 10.0 Å². The molecule has 1 aromatic carbocycles. The lowest BCUT2D eigenvalue weighted by molar-refractivity contribution is 0.141. The fourth-order valence-corrected chi connectivity index (χ4v) is 1.48. The summed E-state index contributed by atoms with van der Waals surface area (Å²) in [5.41, 5.74) is 1.05. The summed E-state index contributed by atoms with van der Waals surface area (Å²) in [6, 6.07) is 7.12. The van der Waals surface area contributed by atoms with E-state index in [9.17, 15) is 9.59 Å². The minimum absolute atomic E-state index is 0.402. The summed E-state index contributed by atoms with van der Waals surface area (Å²) >= 11 is 0. The van der Waals surface area contributed by atoms with E-state index in [0.29, 0.717) is 16.6 Å². The van der Waals surface area contributed by atoms with Gasteiger partial charge in [-0.25, -0.2) is 9.59 Å². The van der Waals surface area contributed by atoms with Gasteiger partial charge in [-0.2, -0.15) is 9.72 Å². The maximum absolute atomic E-state index is 11.1. The van der Waals surface area contributed by atoms with Crippen LogP contribution < -0.4 is 10.2 Å². The first-order valence-corrected chi connectivity index (χ1v) is 4.84. The second kappa shape index (κ2) is 4.51. The Morgan fingerprint density at radius 3 is 2.94 bits per heavy atom. The maximum Gasteiger partial charge on any atom is 0.431 e. The molecule has 0 bridgehead atoms. The normalized spacial score (nSPS) is 9.71. The number of fused-ring (bicyclic) bond motifs is 1. The number of rotatable bonds is 2. The Morgan fingerprint density at radius 1 is 1.47 bits per heavy atom. The molecule has 86 valence electrons. The monoisotopic (exact) mass is 231 g/mol. The van der Waals surface area contributed by atoms with E-state index in [2.05, 4.69) is 10.3 Å². The van der Waals surface area contributed by atoms with E-state index in [-0.39, 0.29) is 0 Å². The van der Waals surface area contributed by atoms with E-state index < -0.39 is 6.09 Å². The van der Waals surface area contributed by atoms with Crippen LogP contribution in [0.15, 0.2) is 35.5 Å². The van der Waals surface area contributed by atoms with E-state index >= 15 is 0 Å². The van der Waals surface area contributed by atoms with Crippen molar-refractivity contribution >= 4 is 28.8 Å². The van der Waals surface area contributed by atoms with Gasteiger partial charge in [0.1, 0.15) is 5.69 Å². The van der Waals surface area contributed by atoms with Crippen LogP contribution >= 0.6 is 0 Å². The van der Waals surface area contributed by atoms with Gasteiger partial charge in [-0.1, -0.05) is 18.2 Å². The third kappa shape index (κ3) is 2.02. The molecule has 0 radical (unpaired) electrons. The predicted octanol–water partition coefficient (Wildman–Crippen LogP) is 1.38. The summed E-state index contributed by atoms with van der Waals surface area (Å²) in [5, 5.41) is 3.04. The van der Waals surface area contributed by atoms with Crippen LogP contribution in [-0.4, -0.2) is 24.0 Å². The lowest BCUT2D eigenvalue weighted by Gasteiger charge is -2.04. The summed E-state index contributed by atoms with van der Waals surface area (Å²) in [6.45, 7) is 0. The molecule has 17 heavy (non-hydrogen) atoms. The molecule has 1 aromatic heterocycles. The molecule has 1 heterocycles. The van der Waals surface area contributed by atoms with E-state index in [1.165, 1.54) is 24.1 Å². The summed E-state index contributed by atoms with van der Waals surface area (Å²) in [6.07, 6.45) is 2.31. The number of aliphatic imine (C=N–C) groups is 1. The average molecular weight is 231 g/mol. The van der Waals surface area contributed by atoms with Gasteiger partial charge in [-0.3, -0.25) is 0 Å². The standard InChI is InChI=1S/C11H9N3O3/c1-12-11(16)17-14-6-9(13-7-15)8-4-2-3-5-10(8)14/h2-6H,1H3,(H,12,16). The number of isocyanates is 1. The lowest BCUT2D eigenvalue weighted by Crippen LogP contribution is -2.28. The molecule has 2 aromatic rings. The van der Waals surface area contributed by atoms with Crippen molar-refractivity contribution < 1.29 is 14.4 Å². The van der Waals surface area contributed by atoms with Gasteiger partial charge in [0.25, 0.3) is 0 Å². The van der Waals surface area contributed by atoms with Crippen LogP contribution in [0.3, 0.4) is 0 Å². The zero-order valence-electron chi connectivity index (χ0n) is 9.01. The molecule has 1 amide bonds. The van der Waals surface area contributed by atoms with Crippen molar-refractivity contribution in [3.05, 3.63) is 30.5 Å². The SMILES string of the molecule is CNC(=O)On1cc(N=C=O)c2ccccc21. The molecule has 0 saturated heterocycles. The summed E-state index contributed by atoms with van der Waals surface area (Å²) in [4.78, 5) is 29.9. The Morgan fingerprint density at radius 2 is 2.24 bits per heavy atom. The van der Waals surface area contributed by atoms with Crippen molar-refractivity contribution in [2.45, 2.75) is 0 Å². The molecular weight excluding hydrogens is 222 g/mol. The van der Waals surface area contributed by atoms with Gasteiger partial charge in [0, 0.05) is 12.4 Å². The molecule has 1 N–H and O–H groups in total. The van der Waals surface area contributed by atoms with Crippen LogP contribution in [0.4, 0.5) is 10.5 Å². The van der Waals surface area contributed by atoms with Crippen LogP contribution in [0.25, 0.3) is 10.9 Å². The zero-order valence-corrected chi connectivity index (χ0v) is 9.01. The second-order valence-corrected chi connectivity index (χ2v) is 3.19. The van der Waals surface area contributed by atoms with Crippen LogP contribution in [0.5, 0.6) is 0 Å². The van der Waals surface area contributed by atoms with Gasteiger partial charge in [-0.05, 0) is 6.07 Å². The zero-order chi connectivity index (χ0) is 12.3. The maximum atomic E-state index is 11.1. The predicted molar refractivity (Wildman–Crippen MR) is 60.8 cm³/mol. The Hall–Kier alpha value is -2.59. The third-order valence-corrected chi connectivity index (χ3v) is 2.21. The number of carbonyl (C=O) groups is 1. The molecule has 0 spiro atoms. The van der Waals surface area contributed by atoms with Crippen LogP contribution in [0.2, 0.25) is 0 Å². The van der Waals surface area contributed by atoms with Crippen LogP contribution in [0, 0.1) is 0 Å². The highest BCUT2D eigenvalue weighted by molar-refractivity contribution is 5.92. The fourth-order valence-electron chi connectivity index (χ4n) is 1.48. The lowest BCUT2D eigenvalue weighted by atomic mass is 10.2. The van der Waals surface area contributed by atoms with Gasteiger partial charge in [0.05, 0.1) is 11.7 Å². The Labute approximate surface area is 96.5 Å². The van der Waals surface area contributed by atoms with Gasteiger partial charge in [0.2, 0.25) is 6.08 Å². The Bertz CT molecular complexity index is 611. The Balaban J connectivity index is 2.56. The molecule has 0 unspecified atom stereocenters. The van der Waals surface area contributed by atoms with Crippen molar-refractivity contribution in [1.29, 1.82) is 0 Å².